The van der Waals surface area contributed by atoms with Crippen LogP contribution in [0.15, 0.2) is 24.5 Å². The number of ether oxygens (including phenoxy) is 1. The Morgan fingerprint density at radius 1 is 1.42 bits per heavy atom. The van der Waals surface area contributed by atoms with E-state index in [9.17, 15) is 4.79 Å². The van der Waals surface area contributed by atoms with Gasteiger partial charge in [-0.25, -0.2) is 0 Å². The second kappa shape index (κ2) is 7.50. The molecule has 26 heavy (non-hydrogen) atoms. The van der Waals surface area contributed by atoms with Crippen molar-refractivity contribution < 1.29 is 9.53 Å². The second-order valence-corrected chi connectivity index (χ2v) is 8.36. The Morgan fingerprint density at radius 3 is 3.04 bits per heavy atom. The van der Waals surface area contributed by atoms with Crippen LogP contribution < -0.4 is 5.32 Å². The third kappa shape index (κ3) is 3.56. The summed E-state index contributed by atoms with van der Waals surface area (Å²) in [6.45, 7) is 4.34. The Labute approximate surface area is 158 Å². The van der Waals surface area contributed by atoms with Crippen LogP contribution in [0.4, 0.5) is 0 Å². The Kier molecular flexibility index (Phi) is 5.11. The number of nitrogens with one attached hydrogen (secondary N) is 1. The van der Waals surface area contributed by atoms with E-state index in [1.165, 1.54) is 10.4 Å². The molecule has 4 rings (SSSR count). The van der Waals surface area contributed by atoms with Crippen molar-refractivity contribution in [2.45, 2.75) is 37.8 Å². The number of amides is 1. The van der Waals surface area contributed by atoms with Crippen molar-refractivity contribution in [2.24, 2.45) is 0 Å². The van der Waals surface area contributed by atoms with Gasteiger partial charge in [-0.15, -0.1) is 11.3 Å². The summed E-state index contributed by atoms with van der Waals surface area (Å²) in [6, 6.07) is 4.00. The third-order valence-corrected chi connectivity index (χ3v) is 6.63. The van der Waals surface area contributed by atoms with Crippen LogP contribution in [0.5, 0.6) is 0 Å². The van der Waals surface area contributed by atoms with Crippen molar-refractivity contribution in [1.82, 2.24) is 20.0 Å². The number of nitrogens with zero attached hydrogens (tertiary/aromatic N) is 3. The molecular formula is C19H26N4O2S. The molecule has 0 bridgehead atoms. The molecule has 4 heterocycles. The number of fused-ring (bicyclic) bond motifs is 2. The van der Waals surface area contributed by atoms with Gasteiger partial charge in [0.2, 0.25) is 0 Å². The van der Waals surface area contributed by atoms with Crippen molar-refractivity contribution >= 4 is 17.2 Å². The van der Waals surface area contributed by atoms with Gasteiger partial charge in [0.25, 0.3) is 5.91 Å². The molecule has 0 aromatic carbocycles. The fourth-order valence-corrected chi connectivity index (χ4v) is 5.03. The molecule has 140 valence electrons. The van der Waals surface area contributed by atoms with Crippen LogP contribution in [-0.2, 0) is 23.3 Å². The highest BCUT2D eigenvalue weighted by molar-refractivity contribution is 7.14. The van der Waals surface area contributed by atoms with Gasteiger partial charge in [0.15, 0.2) is 0 Å². The predicted molar refractivity (Wildman–Crippen MR) is 102 cm³/mol. The summed E-state index contributed by atoms with van der Waals surface area (Å²) >= 11 is 1.64. The van der Waals surface area contributed by atoms with Gasteiger partial charge in [0.05, 0.1) is 17.1 Å². The van der Waals surface area contributed by atoms with Crippen molar-refractivity contribution in [3.8, 4) is 0 Å². The first-order chi connectivity index (χ1) is 12.7. The van der Waals surface area contributed by atoms with Crippen LogP contribution >= 0.6 is 11.3 Å². The molecule has 2 aromatic heterocycles. The Bertz CT molecular complexity index is 748. The number of rotatable bonds is 5. The van der Waals surface area contributed by atoms with Gasteiger partial charge in [0, 0.05) is 49.9 Å². The number of carbonyl (C=O) groups is 1. The highest BCUT2D eigenvalue weighted by Gasteiger charge is 2.41. The number of aryl methyl sites for hydroxylation is 1. The number of piperidine rings is 1. The Hall–Kier alpha value is -1.70. The average Bonchev–Trinajstić information content (AvgIpc) is 3.31. The predicted octanol–water partition coefficient (Wildman–Crippen LogP) is 2.26. The number of hydrogen-bond acceptors (Lipinski definition) is 5. The summed E-state index contributed by atoms with van der Waals surface area (Å²) in [7, 11) is 2.16. The van der Waals surface area contributed by atoms with Gasteiger partial charge in [-0.3, -0.25) is 9.48 Å². The van der Waals surface area contributed by atoms with Gasteiger partial charge >= 0.3 is 0 Å². The molecule has 0 aliphatic carbocycles. The van der Waals surface area contributed by atoms with E-state index in [-0.39, 0.29) is 11.5 Å². The molecule has 2 aliphatic rings. The molecule has 1 saturated heterocycles. The summed E-state index contributed by atoms with van der Waals surface area (Å²) in [6.07, 6.45) is 7.53. The summed E-state index contributed by atoms with van der Waals surface area (Å²) in [5, 5.41) is 7.23. The zero-order valence-corrected chi connectivity index (χ0v) is 16.1. The van der Waals surface area contributed by atoms with Gasteiger partial charge in [-0.2, -0.15) is 5.10 Å². The Balaban J connectivity index is 1.39. The first-order valence-corrected chi connectivity index (χ1v) is 10.2. The van der Waals surface area contributed by atoms with Crippen LogP contribution in [0.1, 0.15) is 39.4 Å². The number of aromatic nitrogens is 2. The van der Waals surface area contributed by atoms with E-state index in [1.807, 2.05) is 16.9 Å². The Morgan fingerprint density at radius 2 is 2.27 bits per heavy atom. The van der Waals surface area contributed by atoms with E-state index in [1.54, 1.807) is 17.5 Å². The van der Waals surface area contributed by atoms with Gasteiger partial charge in [0.1, 0.15) is 0 Å². The van der Waals surface area contributed by atoms with E-state index in [4.69, 9.17) is 4.74 Å². The molecule has 0 radical (unpaired) electrons. The van der Waals surface area contributed by atoms with Crippen molar-refractivity contribution in [1.29, 1.82) is 0 Å². The SMILES string of the molecule is CN1CCC2(CC1)OCCc1sc(C(=O)NCCCn3cccn3)cc12. The van der Waals surface area contributed by atoms with Gasteiger partial charge < -0.3 is 15.0 Å². The normalized spacial score (nSPS) is 19.4. The van der Waals surface area contributed by atoms with E-state index in [0.29, 0.717) is 6.54 Å². The lowest BCUT2D eigenvalue weighted by Crippen LogP contribution is -2.44. The molecule has 1 spiro atoms. The van der Waals surface area contributed by atoms with Crippen molar-refractivity contribution in [3.63, 3.8) is 0 Å². The quantitative estimate of drug-likeness (QED) is 0.816. The van der Waals surface area contributed by atoms with Crippen LogP contribution in [0.3, 0.4) is 0 Å². The summed E-state index contributed by atoms with van der Waals surface area (Å²) in [5.74, 6) is 0.0351. The maximum absolute atomic E-state index is 12.6. The first kappa shape index (κ1) is 17.7. The van der Waals surface area contributed by atoms with E-state index < -0.39 is 0 Å². The molecule has 6 nitrogen and oxygen atoms in total. The van der Waals surface area contributed by atoms with E-state index in [2.05, 4.69) is 28.4 Å². The maximum atomic E-state index is 12.6. The van der Waals surface area contributed by atoms with Crippen LogP contribution in [-0.4, -0.2) is 53.9 Å². The molecule has 1 amide bonds. The molecule has 2 aliphatic heterocycles. The summed E-state index contributed by atoms with van der Waals surface area (Å²) in [5.41, 5.74) is 1.10. The lowest BCUT2D eigenvalue weighted by Gasteiger charge is -2.43. The number of thiophene rings is 1. The van der Waals surface area contributed by atoms with Crippen LogP contribution in [0, 0.1) is 0 Å². The topological polar surface area (TPSA) is 59.4 Å². The van der Waals surface area contributed by atoms with Crippen LogP contribution in [0.25, 0.3) is 0 Å². The standard InChI is InChI=1S/C19H26N4O2S/c1-22-11-5-19(6-12-22)15-14-17(26-16(15)4-13-25-19)18(24)20-7-2-9-23-10-3-8-21-23/h3,8,10,14H,2,4-7,9,11-13H2,1H3,(H,20,24). The molecule has 1 N–H and O–H groups in total. The highest BCUT2D eigenvalue weighted by atomic mass is 32.1. The van der Waals surface area contributed by atoms with Crippen molar-refractivity contribution in [3.05, 3.63) is 39.8 Å². The molecule has 0 unspecified atom stereocenters. The number of likely N-dealkylation sites (tertiary alicyclic amines) is 1. The number of carbonyl (C=O) groups excluding carboxylic acids is 1. The van der Waals surface area contributed by atoms with Gasteiger partial charge in [-0.1, -0.05) is 0 Å². The number of hydrogen-bond donors (Lipinski definition) is 1. The highest BCUT2D eigenvalue weighted by Crippen LogP contribution is 2.44. The second-order valence-electron chi connectivity index (χ2n) is 7.22. The molecule has 1 fully saturated rings. The monoisotopic (exact) mass is 374 g/mol. The molecule has 0 atom stereocenters. The first-order valence-electron chi connectivity index (χ1n) is 9.38. The van der Waals surface area contributed by atoms with Gasteiger partial charge in [-0.05, 0) is 44.0 Å². The minimum Gasteiger partial charge on any atom is -0.370 e. The molecule has 2 aromatic rings. The summed E-state index contributed by atoms with van der Waals surface area (Å²) < 4.78 is 8.14. The molecule has 7 heteroatoms. The fourth-order valence-electron chi connectivity index (χ4n) is 3.89. The van der Waals surface area contributed by atoms with E-state index >= 15 is 0 Å². The van der Waals surface area contributed by atoms with Crippen LogP contribution in [0.2, 0.25) is 0 Å². The molecule has 0 saturated carbocycles. The van der Waals surface area contributed by atoms with E-state index in [0.717, 1.165) is 56.8 Å². The molecular weight excluding hydrogens is 348 g/mol. The lowest BCUT2D eigenvalue weighted by atomic mass is 9.82. The smallest absolute Gasteiger partial charge is 0.261 e. The minimum absolute atomic E-state index is 0.0351. The zero-order valence-electron chi connectivity index (χ0n) is 15.2. The summed E-state index contributed by atoms with van der Waals surface area (Å²) in [4.78, 5) is 17.1. The third-order valence-electron chi connectivity index (χ3n) is 5.43. The van der Waals surface area contributed by atoms with Crippen molar-refractivity contribution in [2.75, 3.05) is 33.3 Å². The zero-order chi connectivity index (χ0) is 18.0. The largest absolute Gasteiger partial charge is 0.370 e. The minimum atomic E-state index is -0.171. The fraction of sp³-hybridized carbons (Fsp3) is 0.579. The average molecular weight is 375 g/mol. The lowest BCUT2D eigenvalue weighted by molar-refractivity contribution is -0.0942. The maximum Gasteiger partial charge on any atom is 0.261 e.